The fourth-order valence-electron chi connectivity index (χ4n) is 0.872. The van der Waals surface area contributed by atoms with Gasteiger partial charge in [-0.15, -0.1) is 0 Å². The van der Waals surface area contributed by atoms with Crippen LogP contribution in [0.15, 0.2) is 12.4 Å². The first kappa shape index (κ1) is 9.73. The minimum Gasteiger partial charge on any atom is -0.395 e. The molecule has 0 bridgehead atoms. The monoisotopic (exact) mass is 182 g/mol. The first-order chi connectivity index (χ1) is 6.24. The molecular formula is C8H14N4O. The second-order valence-electron chi connectivity index (χ2n) is 2.81. The van der Waals surface area contributed by atoms with Crippen LogP contribution in [-0.4, -0.2) is 42.3 Å². The molecule has 1 rings (SSSR count). The smallest absolute Gasteiger partial charge is 0.133 e. The van der Waals surface area contributed by atoms with Crippen LogP contribution in [0.25, 0.3) is 0 Å². The lowest BCUT2D eigenvalue weighted by molar-refractivity contribution is 0.311. The molecule has 0 aliphatic carbocycles. The minimum absolute atomic E-state index is 0.0985. The number of nitrogens with zero attached hydrogens (tertiary/aromatic N) is 3. The largest absolute Gasteiger partial charge is 0.395 e. The topological polar surface area (TPSA) is 61.3 Å². The average molecular weight is 182 g/mol. The van der Waals surface area contributed by atoms with E-state index in [-0.39, 0.29) is 6.61 Å². The third-order valence-corrected chi connectivity index (χ3v) is 1.53. The van der Waals surface area contributed by atoms with Crippen molar-refractivity contribution in [1.82, 2.24) is 9.97 Å². The quantitative estimate of drug-likeness (QED) is 0.683. The molecule has 72 valence electrons. The van der Waals surface area contributed by atoms with Crippen LogP contribution < -0.4 is 10.2 Å². The van der Waals surface area contributed by atoms with E-state index in [1.807, 2.05) is 25.1 Å². The summed E-state index contributed by atoms with van der Waals surface area (Å²) in [6, 6.07) is 1.83. The zero-order chi connectivity index (χ0) is 9.68. The Morgan fingerprint density at radius 3 is 2.85 bits per heavy atom. The van der Waals surface area contributed by atoms with E-state index in [4.69, 9.17) is 5.11 Å². The van der Waals surface area contributed by atoms with E-state index in [1.165, 1.54) is 6.33 Å². The molecule has 0 aliphatic heterocycles. The van der Waals surface area contributed by atoms with E-state index in [9.17, 15) is 0 Å². The lowest BCUT2D eigenvalue weighted by atomic mass is 10.5. The van der Waals surface area contributed by atoms with E-state index < -0.39 is 0 Å². The average Bonchev–Trinajstić information content (AvgIpc) is 2.15. The molecule has 0 radical (unpaired) electrons. The van der Waals surface area contributed by atoms with Crippen molar-refractivity contribution in [3.8, 4) is 0 Å². The van der Waals surface area contributed by atoms with Crippen LogP contribution >= 0.6 is 0 Å². The number of rotatable bonds is 4. The Balaban J connectivity index is 2.68. The molecule has 0 amide bonds. The molecule has 13 heavy (non-hydrogen) atoms. The highest BCUT2D eigenvalue weighted by Gasteiger charge is 1.98. The number of anilines is 2. The number of aliphatic hydroxyl groups excluding tert-OH is 1. The van der Waals surface area contributed by atoms with Gasteiger partial charge in [-0.05, 0) is 0 Å². The van der Waals surface area contributed by atoms with Gasteiger partial charge in [0, 0.05) is 26.7 Å². The summed E-state index contributed by atoms with van der Waals surface area (Å²) in [5.41, 5.74) is 0. The SMILES string of the molecule is CN(C)c1cc(NCCO)ncn1. The molecule has 0 fully saturated rings. The van der Waals surface area contributed by atoms with E-state index in [1.54, 1.807) is 0 Å². The summed E-state index contributed by atoms with van der Waals surface area (Å²) in [7, 11) is 3.83. The van der Waals surface area contributed by atoms with E-state index in [0.29, 0.717) is 6.54 Å². The van der Waals surface area contributed by atoms with Crippen molar-refractivity contribution in [2.75, 3.05) is 37.5 Å². The van der Waals surface area contributed by atoms with Crippen molar-refractivity contribution in [3.05, 3.63) is 12.4 Å². The maximum Gasteiger partial charge on any atom is 0.133 e. The fourth-order valence-corrected chi connectivity index (χ4v) is 0.872. The van der Waals surface area contributed by atoms with Gasteiger partial charge in [0.1, 0.15) is 18.0 Å². The van der Waals surface area contributed by atoms with Gasteiger partial charge < -0.3 is 15.3 Å². The number of hydrogen-bond acceptors (Lipinski definition) is 5. The van der Waals surface area contributed by atoms with Crippen LogP contribution in [0.2, 0.25) is 0 Å². The third-order valence-electron chi connectivity index (χ3n) is 1.53. The molecule has 1 aromatic rings. The third kappa shape index (κ3) is 2.87. The Morgan fingerprint density at radius 1 is 1.46 bits per heavy atom. The lowest BCUT2D eigenvalue weighted by Gasteiger charge is -2.11. The van der Waals surface area contributed by atoms with E-state index in [2.05, 4.69) is 15.3 Å². The number of aromatic nitrogens is 2. The van der Waals surface area contributed by atoms with Crippen LogP contribution in [-0.2, 0) is 0 Å². The molecule has 0 spiro atoms. The highest BCUT2D eigenvalue weighted by Crippen LogP contribution is 2.10. The summed E-state index contributed by atoms with van der Waals surface area (Å²) in [6.45, 7) is 0.602. The second-order valence-corrected chi connectivity index (χ2v) is 2.81. The van der Waals surface area contributed by atoms with E-state index in [0.717, 1.165) is 11.6 Å². The normalized spacial score (nSPS) is 9.77. The Kier molecular flexibility index (Phi) is 3.45. The standard InChI is InChI=1S/C8H14N4O/c1-12(2)8-5-7(9-3-4-13)10-6-11-8/h5-6,13H,3-4H2,1-2H3,(H,9,10,11). The molecule has 1 heterocycles. The van der Waals surface area contributed by atoms with Gasteiger partial charge in [-0.3, -0.25) is 0 Å². The summed E-state index contributed by atoms with van der Waals surface area (Å²) in [6.07, 6.45) is 1.50. The van der Waals surface area contributed by atoms with Gasteiger partial charge in [-0.25, -0.2) is 9.97 Å². The second kappa shape index (κ2) is 4.61. The van der Waals surface area contributed by atoms with Crippen LogP contribution in [0.3, 0.4) is 0 Å². The molecule has 1 aromatic heterocycles. The summed E-state index contributed by atoms with van der Waals surface area (Å²) in [5.74, 6) is 1.57. The van der Waals surface area contributed by atoms with E-state index >= 15 is 0 Å². The van der Waals surface area contributed by atoms with Gasteiger partial charge >= 0.3 is 0 Å². The predicted octanol–water partition coefficient (Wildman–Crippen LogP) is -0.0532. The minimum atomic E-state index is 0.0985. The van der Waals surface area contributed by atoms with Crippen molar-refractivity contribution >= 4 is 11.6 Å². The van der Waals surface area contributed by atoms with Crippen LogP contribution in [0.4, 0.5) is 11.6 Å². The molecule has 0 atom stereocenters. The van der Waals surface area contributed by atoms with Crippen LogP contribution in [0.5, 0.6) is 0 Å². The number of nitrogens with one attached hydrogen (secondary N) is 1. The first-order valence-electron chi connectivity index (χ1n) is 4.08. The molecule has 5 nitrogen and oxygen atoms in total. The fraction of sp³-hybridized carbons (Fsp3) is 0.500. The van der Waals surface area contributed by atoms with Gasteiger partial charge in [-0.1, -0.05) is 0 Å². The number of aliphatic hydroxyl groups is 1. The van der Waals surface area contributed by atoms with Crippen molar-refractivity contribution in [2.45, 2.75) is 0 Å². The summed E-state index contributed by atoms with van der Waals surface area (Å²) in [4.78, 5) is 9.95. The van der Waals surface area contributed by atoms with Gasteiger partial charge in [0.05, 0.1) is 6.61 Å². The highest BCUT2D eigenvalue weighted by molar-refractivity contribution is 5.47. The molecular weight excluding hydrogens is 168 g/mol. The molecule has 0 aliphatic rings. The Bertz CT molecular complexity index is 264. The maximum atomic E-state index is 8.59. The van der Waals surface area contributed by atoms with Crippen LogP contribution in [0.1, 0.15) is 0 Å². The summed E-state index contributed by atoms with van der Waals surface area (Å²) in [5, 5.41) is 11.6. The highest BCUT2D eigenvalue weighted by atomic mass is 16.3. The molecule has 0 saturated heterocycles. The summed E-state index contributed by atoms with van der Waals surface area (Å²) >= 11 is 0. The summed E-state index contributed by atoms with van der Waals surface area (Å²) < 4.78 is 0. The zero-order valence-electron chi connectivity index (χ0n) is 7.86. The lowest BCUT2D eigenvalue weighted by Crippen LogP contribution is -2.12. The molecule has 2 N–H and O–H groups in total. The Morgan fingerprint density at radius 2 is 2.23 bits per heavy atom. The predicted molar refractivity (Wildman–Crippen MR) is 51.9 cm³/mol. The van der Waals surface area contributed by atoms with Gasteiger partial charge in [0.25, 0.3) is 0 Å². The molecule has 0 aromatic carbocycles. The molecule has 0 unspecified atom stereocenters. The van der Waals surface area contributed by atoms with Crippen LogP contribution in [0, 0.1) is 0 Å². The van der Waals surface area contributed by atoms with Crippen molar-refractivity contribution in [3.63, 3.8) is 0 Å². The van der Waals surface area contributed by atoms with Crippen molar-refractivity contribution in [1.29, 1.82) is 0 Å². The Labute approximate surface area is 77.4 Å². The Hall–Kier alpha value is -1.36. The maximum absolute atomic E-state index is 8.59. The molecule has 5 heteroatoms. The van der Waals surface area contributed by atoms with Gasteiger partial charge in [-0.2, -0.15) is 0 Å². The van der Waals surface area contributed by atoms with Crippen molar-refractivity contribution in [2.24, 2.45) is 0 Å². The van der Waals surface area contributed by atoms with Crippen molar-refractivity contribution < 1.29 is 5.11 Å². The molecule has 0 saturated carbocycles. The number of hydrogen-bond donors (Lipinski definition) is 2. The first-order valence-corrected chi connectivity index (χ1v) is 4.08. The van der Waals surface area contributed by atoms with Gasteiger partial charge in [0.2, 0.25) is 0 Å². The van der Waals surface area contributed by atoms with Gasteiger partial charge in [0.15, 0.2) is 0 Å². The zero-order valence-corrected chi connectivity index (χ0v) is 7.86.